The van der Waals surface area contributed by atoms with Gasteiger partial charge in [-0.25, -0.2) is 4.39 Å². The van der Waals surface area contributed by atoms with Crippen molar-refractivity contribution in [3.05, 3.63) is 53.8 Å². The van der Waals surface area contributed by atoms with Crippen molar-refractivity contribution >= 4 is 17.1 Å². The van der Waals surface area contributed by atoms with Crippen LogP contribution in [0.2, 0.25) is 0 Å². The third-order valence-electron chi connectivity index (χ3n) is 2.68. The van der Waals surface area contributed by atoms with E-state index in [2.05, 4.69) is 0 Å². The van der Waals surface area contributed by atoms with Crippen molar-refractivity contribution in [2.45, 2.75) is 6.92 Å². The molecule has 3 heteroatoms. The van der Waals surface area contributed by atoms with Gasteiger partial charge in [0.2, 0.25) is 0 Å². The van der Waals surface area contributed by atoms with Gasteiger partial charge in [0.05, 0.1) is 0 Å². The highest BCUT2D eigenvalue weighted by Crippen LogP contribution is 2.26. The van der Waals surface area contributed by atoms with Crippen molar-refractivity contribution in [2.75, 3.05) is 17.7 Å². The van der Waals surface area contributed by atoms with Crippen LogP contribution in [-0.2, 0) is 0 Å². The van der Waals surface area contributed by atoms with Gasteiger partial charge in [-0.3, -0.25) is 0 Å². The van der Waals surface area contributed by atoms with Crippen LogP contribution in [0.5, 0.6) is 0 Å². The summed E-state index contributed by atoms with van der Waals surface area (Å²) in [6.07, 6.45) is 0. The van der Waals surface area contributed by atoms with Gasteiger partial charge < -0.3 is 10.6 Å². The highest BCUT2D eigenvalue weighted by molar-refractivity contribution is 5.66. The van der Waals surface area contributed by atoms with Crippen LogP contribution in [0.15, 0.2) is 42.5 Å². The van der Waals surface area contributed by atoms with Gasteiger partial charge in [-0.05, 0) is 42.8 Å². The predicted molar refractivity (Wildman–Crippen MR) is 70.1 cm³/mol. The van der Waals surface area contributed by atoms with Gasteiger partial charge in [-0.15, -0.1) is 0 Å². The number of anilines is 3. The Bertz CT molecular complexity index is 517. The van der Waals surface area contributed by atoms with Crippen LogP contribution in [0.25, 0.3) is 0 Å². The van der Waals surface area contributed by atoms with Crippen molar-refractivity contribution < 1.29 is 4.39 Å². The Morgan fingerprint density at radius 3 is 2.47 bits per heavy atom. The molecule has 0 aliphatic heterocycles. The number of nitrogen functional groups attached to an aromatic ring is 1. The SMILES string of the molecule is Cc1cccc(N(C)c2cc(N)cc(F)c2)c1. The molecule has 2 N–H and O–H groups in total. The molecule has 2 nitrogen and oxygen atoms in total. The van der Waals surface area contributed by atoms with E-state index in [0.717, 1.165) is 11.4 Å². The number of nitrogens with two attached hydrogens (primary N) is 1. The molecule has 0 atom stereocenters. The molecule has 0 aliphatic carbocycles. The minimum atomic E-state index is -0.320. The number of nitrogens with zero attached hydrogens (tertiary/aromatic N) is 1. The molecule has 2 aromatic rings. The Morgan fingerprint density at radius 1 is 1.06 bits per heavy atom. The average molecular weight is 230 g/mol. The first kappa shape index (κ1) is 11.5. The third-order valence-corrected chi connectivity index (χ3v) is 2.68. The molecule has 17 heavy (non-hydrogen) atoms. The summed E-state index contributed by atoms with van der Waals surface area (Å²) in [5, 5.41) is 0. The highest BCUT2D eigenvalue weighted by Gasteiger charge is 2.06. The van der Waals surface area contributed by atoms with Crippen molar-refractivity contribution in [3.63, 3.8) is 0 Å². The molecule has 0 saturated heterocycles. The lowest BCUT2D eigenvalue weighted by atomic mass is 10.2. The zero-order chi connectivity index (χ0) is 12.4. The minimum Gasteiger partial charge on any atom is -0.399 e. The summed E-state index contributed by atoms with van der Waals surface area (Å²) >= 11 is 0. The fraction of sp³-hybridized carbons (Fsp3) is 0.143. The molecule has 0 aromatic heterocycles. The summed E-state index contributed by atoms with van der Waals surface area (Å²) in [4.78, 5) is 1.91. The maximum atomic E-state index is 13.3. The lowest BCUT2D eigenvalue weighted by Gasteiger charge is -2.20. The Hall–Kier alpha value is -2.03. The lowest BCUT2D eigenvalue weighted by molar-refractivity contribution is 0.628. The van der Waals surface area contributed by atoms with Crippen LogP contribution in [0.1, 0.15) is 5.56 Å². The van der Waals surface area contributed by atoms with E-state index < -0.39 is 0 Å². The van der Waals surface area contributed by atoms with E-state index in [0.29, 0.717) is 5.69 Å². The fourth-order valence-corrected chi connectivity index (χ4v) is 1.78. The number of rotatable bonds is 2. The maximum absolute atomic E-state index is 13.3. The predicted octanol–water partition coefficient (Wildman–Crippen LogP) is 3.48. The topological polar surface area (TPSA) is 29.3 Å². The Kier molecular flexibility index (Phi) is 3.00. The molecule has 0 amide bonds. The van der Waals surface area contributed by atoms with Crippen molar-refractivity contribution in [1.82, 2.24) is 0 Å². The third kappa shape index (κ3) is 2.56. The number of aryl methyl sites for hydroxylation is 1. The second kappa shape index (κ2) is 4.45. The molecule has 88 valence electrons. The molecular weight excluding hydrogens is 215 g/mol. The van der Waals surface area contributed by atoms with Crippen molar-refractivity contribution in [1.29, 1.82) is 0 Å². The highest BCUT2D eigenvalue weighted by atomic mass is 19.1. The van der Waals surface area contributed by atoms with Crippen LogP contribution in [0.3, 0.4) is 0 Å². The van der Waals surface area contributed by atoms with E-state index in [9.17, 15) is 4.39 Å². The van der Waals surface area contributed by atoms with Gasteiger partial charge >= 0.3 is 0 Å². The minimum absolute atomic E-state index is 0.320. The molecule has 0 radical (unpaired) electrons. The van der Waals surface area contributed by atoms with Crippen LogP contribution in [0, 0.1) is 12.7 Å². The number of halogens is 1. The Morgan fingerprint density at radius 2 is 1.82 bits per heavy atom. The van der Waals surface area contributed by atoms with E-state index in [1.165, 1.54) is 17.7 Å². The van der Waals surface area contributed by atoms with E-state index in [-0.39, 0.29) is 5.82 Å². The van der Waals surface area contributed by atoms with Gasteiger partial charge in [0.15, 0.2) is 0 Å². The fourth-order valence-electron chi connectivity index (χ4n) is 1.78. The number of hydrogen-bond acceptors (Lipinski definition) is 2. The zero-order valence-electron chi connectivity index (χ0n) is 9.94. The summed E-state index contributed by atoms with van der Waals surface area (Å²) in [5.41, 5.74) is 8.99. The lowest BCUT2D eigenvalue weighted by Crippen LogP contribution is -2.10. The first-order valence-electron chi connectivity index (χ1n) is 5.43. The molecule has 0 aliphatic rings. The Balaban J connectivity index is 2.39. The standard InChI is InChI=1S/C14H15FN2/c1-10-4-3-5-13(6-10)17(2)14-8-11(15)7-12(16)9-14/h3-9H,16H2,1-2H3. The maximum Gasteiger partial charge on any atom is 0.127 e. The monoisotopic (exact) mass is 230 g/mol. The first-order valence-corrected chi connectivity index (χ1v) is 5.43. The molecule has 0 fully saturated rings. The average Bonchev–Trinajstić information content (AvgIpc) is 2.26. The summed E-state index contributed by atoms with van der Waals surface area (Å²) in [7, 11) is 1.89. The largest absolute Gasteiger partial charge is 0.399 e. The number of hydrogen-bond donors (Lipinski definition) is 1. The molecular formula is C14H15FN2. The molecule has 2 aromatic carbocycles. The molecule has 2 rings (SSSR count). The Labute approximate surface area is 100 Å². The normalized spacial score (nSPS) is 10.3. The van der Waals surface area contributed by atoms with Crippen LogP contribution in [0.4, 0.5) is 21.5 Å². The summed E-state index contributed by atoms with van der Waals surface area (Å²) in [5.74, 6) is -0.320. The smallest absolute Gasteiger partial charge is 0.127 e. The van der Waals surface area contributed by atoms with Gasteiger partial charge in [0.25, 0.3) is 0 Å². The number of benzene rings is 2. The van der Waals surface area contributed by atoms with Crippen molar-refractivity contribution in [3.8, 4) is 0 Å². The van der Waals surface area contributed by atoms with Crippen molar-refractivity contribution in [2.24, 2.45) is 0 Å². The molecule has 0 heterocycles. The van der Waals surface area contributed by atoms with Crippen LogP contribution in [-0.4, -0.2) is 7.05 Å². The van der Waals surface area contributed by atoms with E-state index >= 15 is 0 Å². The molecule has 0 unspecified atom stereocenters. The first-order chi connectivity index (χ1) is 8.06. The van der Waals surface area contributed by atoms with E-state index in [1.54, 1.807) is 6.07 Å². The van der Waals surface area contributed by atoms with Gasteiger partial charge in [-0.1, -0.05) is 12.1 Å². The van der Waals surface area contributed by atoms with Crippen LogP contribution >= 0.6 is 0 Å². The summed E-state index contributed by atoms with van der Waals surface area (Å²) in [6, 6.07) is 12.6. The quantitative estimate of drug-likeness (QED) is 0.800. The zero-order valence-corrected chi connectivity index (χ0v) is 9.94. The second-order valence-electron chi connectivity index (χ2n) is 4.14. The van der Waals surface area contributed by atoms with E-state index in [1.807, 2.05) is 43.1 Å². The van der Waals surface area contributed by atoms with Gasteiger partial charge in [0, 0.05) is 24.1 Å². The molecule has 0 saturated carbocycles. The van der Waals surface area contributed by atoms with E-state index in [4.69, 9.17) is 5.73 Å². The summed E-state index contributed by atoms with van der Waals surface area (Å²) < 4.78 is 13.3. The second-order valence-corrected chi connectivity index (χ2v) is 4.14. The van der Waals surface area contributed by atoms with Crippen LogP contribution < -0.4 is 10.6 Å². The van der Waals surface area contributed by atoms with Gasteiger partial charge in [-0.2, -0.15) is 0 Å². The molecule has 0 bridgehead atoms. The van der Waals surface area contributed by atoms with Gasteiger partial charge in [0.1, 0.15) is 5.82 Å². The summed E-state index contributed by atoms with van der Waals surface area (Å²) in [6.45, 7) is 2.03. The molecule has 0 spiro atoms.